The third kappa shape index (κ3) is 5.06. The number of aromatic nitrogens is 2. The van der Waals surface area contributed by atoms with Gasteiger partial charge in [-0.05, 0) is 62.7 Å². The Morgan fingerprint density at radius 2 is 1.83 bits per heavy atom. The minimum Gasteiger partial charge on any atom is -0.444 e. The molecule has 0 saturated heterocycles. The van der Waals surface area contributed by atoms with E-state index in [0.29, 0.717) is 13.1 Å². The molecule has 1 aliphatic heterocycles. The Morgan fingerprint density at radius 3 is 2.43 bits per heavy atom. The van der Waals surface area contributed by atoms with Crippen molar-refractivity contribution in [2.45, 2.75) is 52.3 Å². The highest BCUT2D eigenvalue weighted by atomic mass is 79.9. The number of imidazole rings is 1. The highest BCUT2D eigenvalue weighted by Gasteiger charge is 2.37. The molecule has 0 aliphatic carbocycles. The average molecular weight is 542 g/mol. The number of alkyl carbamates (subject to hydrolysis) is 1. The molecule has 30 heavy (non-hydrogen) atoms. The van der Waals surface area contributed by atoms with E-state index in [1.807, 2.05) is 24.3 Å². The Bertz CT molecular complexity index is 962. The van der Waals surface area contributed by atoms with Gasteiger partial charge in [0.25, 0.3) is 0 Å². The summed E-state index contributed by atoms with van der Waals surface area (Å²) in [7, 11) is 0. The average Bonchev–Trinajstić information content (AvgIpc) is 2.96. The minimum atomic E-state index is -0.610. The summed E-state index contributed by atoms with van der Waals surface area (Å²) in [5, 5.41) is 2.54. The van der Waals surface area contributed by atoms with Crippen LogP contribution >= 0.6 is 31.9 Å². The number of fused-ring (bicyclic) bond motifs is 1. The monoisotopic (exact) mass is 540 g/mol. The molecule has 2 amide bonds. The van der Waals surface area contributed by atoms with E-state index >= 15 is 0 Å². The van der Waals surface area contributed by atoms with Crippen LogP contribution in [-0.2, 0) is 21.6 Å². The predicted octanol–water partition coefficient (Wildman–Crippen LogP) is 4.68. The number of hydrogen-bond donors (Lipinski definition) is 1. The molecule has 9 heteroatoms. The number of nitrogens with zero attached hydrogens (tertiary/aromatic N) is 3. The lowest BCUT2D eigenvalue weighted by Crippen LogP contribution is -2.51. The van der Waals surface area contributed by atoms with E-state index in [0.717, 1.165) is 26.2 Å². The number of halogens is 2. The first kappa shape index (κ1) is 22.8. The largest absolute Gasteiger partial charge is 0.444 e. The second-order valence-corrected chi connectivity index (χ2v) is 10.6. The minimum absolute atomic E-state index is 0.119. The van der Waals surface area contributed by atoms with Crippen molar-refractivity contribution in [3.63, 3.8) is 0 Å². The van der Waals surface area contributed by atoms with Crippen molar-refractivity contribution in [2.24, 2.45) is 0 Å². The van der Waals surface area contributed by atoms with Crippen molar-refractivity contribution in [1.82, 2.24) is 19.8 Å². The summed E-state index contributed by atoms with van der Waals surface area (Å²) in [5.74, 6) is 0.617. The summed E-state index contributed by atoms with van der Waals surface area (Å²) in [5.41, 5.74) is 0.856. The van der Waals surface area contributed by atoms with Gasteiger partial charge in [0, 0.05) is 16.6 Å². The summed E-state index contributed by atoms with van der Waals surface area (Å²) in [6.45, 7) is 10.2. The van der Waals surface area contributed by atoms with Crippen LogP contribution in [0, 0.1) is 0 Å². The van der Waals surface area contributed by atoms with Gasteiger partial charge in [-0.15, -0.1) is 0 Å². The standard InChI is InChI=1S/C21H26Br2N4O3/c1-20(2,3)30-19(29)24-10-16(28)26-11-15-25-17(13-6-8-14(22)9-7-13)18(23)27(15)21(4,5)12-26/h6-9H,10-12H2,1-5H3,(H,24,29). The SMILES string of the molecule is CC(C)(C)OC(=O)NCC(=O)N1Cc2nc(-c3ccc(Br)cc3)c(Br)n2C(C)(C)C1. The molecular formula is C21H26Br2N4O3. The fourth-order valence-electron chi connectivity index (χ4n) is 3.47. The number of hydrogen-bond acceptors (Lipinski definition) is 4. The van der Waals surface area contributed by atoms with Gasteiger partial charge in [0.2, 0.25) is 5.91 Å². The number of benzene rings is 1. The van der Waals surface area contributed by atoms with Crippen molar-refractivity contribution in [1.29, 1.82) is 0 Å². The van der Waals surface area contributed by atoms with Gasteiger partial charge < -0.3 is 19.5 Å². The quantitative estimate of drug-likeness (QED) is 0.612. The van der Waals surface area contributed by atoms with E-state index in [1.54, 1.807) is 25.7 Å². The van der Waals surface area contributed by atoms with E-state index in [2.05, 4.69) is 55.6 Å². The Morgan fingerprint density at radius 1 is 1.20 bits per heavy atom. The third-order valence-corrected chi connectivity index (χ3v) is 5.92. The van der Waals surface area contributed by atoms with Crippen LogP contribution in [0.3, 0.4) is 0 Å². The molecule has 0 saturated carbocycles. The summed E-state index contributed by atoms with van der Waals surface area (Å²) < 4.78 is 9.23. The van der Waals surface area contributed by atoms with Crippen LogP contribution in [0.5, 0.6) is 0 Å². The maximum Gasteiger partial charge on any atom is 0.408 e. The molecule has 0 unspecified atom stereocenters. The third-order valence-electron chi connectivity index (χ3n) is 4.66. The zero-order valence-corrected chi connectivity index (χ0v) is 20.9. The van der Waals surface area contributed by atoms with E-state index in [-0.39, 0.29) is 18.0 Å². The van der Waals surface area contributed by atoms with Crippen molar-refractivity contribution in [3.8, 4) is 11.3 Å². The topological polar surface area (TPSA) is 76.5 Å². The predicted molar refractivity (Wildman–Crippen MR) is 122 cm³/mol. The first-order chi connectivity index (χ1) is 13.9. The lowest BCUT2D eigenvalue weighted by Gasteiger charge is -2.40. The van der Waals surface area contributed by atoms with Crippen molar-refractivity contribution in [3.05, 3.63) is 39.2 Å². The molecule has 2 aromatic rings. The molecular weight excluding hydrogens is 516 g/mol. The maximum absolute atomic E-state index is 12.8. The van der Waals surface area contributed by atoms with Crippen LogP contribution in [0.2, 0.25) is 0 Å². The number of carbonyl (C=O) groups is 2. The Hall–Kier alpha value is -1.87. The van der Waals surface area contributed by atoms with Gasteiger partial charge in [-0.2, -0.15) is 0 Å². The van der Waals surface area contributed by atoms with E-state index in [9.17, 15) is 9.59 Å². The normalized spacial score (nSPS) is 15.5. The molecule has 0 fully saturated rings. The van der Waals surface area contributed by atoms with Gasteiger partial charge in [-0.25, -0.2) is 9.78 Å². The lowest BCUT2D eigenvalue weighted by atomic mass is 10.0. The van der Waals surface area contributed by atoms with Crippen LogP contribution in [0.15, 0.2) is 33.3 Å². The molecule has 0 atom stereocenters. The second-order valence-electron chi connectivity index (χ2n) is 8.93. The van der Waals surface area contributed by atoms with Gasteiger partial charge in [-0.1, -0.05) is 28.1 Å². The summed E-state index contributed by atoms with van der Waals surface area (Å²) >= 11 is 7.17. The molecule has 1 aromatic carbocycles. The Balaban J connectivity index is 1.78. The van der Waals surface area contributed by atoms with Crippen LogP contribution in [-0.4, -0.2) is 45.1 Å². The van der Waals surface area contributed by atoms with Crippen LogP contribution in [0.4, 0.5) is 4.79 Å². The lowest BCUT2D eigenvalue weighted by molar-refractivity contribution is -0.133. The molecule has 1 aliphatic rings. The first-order valence-electron chi connectivity index (χ1n) is 9.65. The highest BCUT2D eigenvalue weighted by Crippen LogP contribution is 2.37. The Kier molecular flexibility index (Phi) is 6.34. The van der Waals surface area contributed by atoms with E-state index in [4.69, 9.17) is 9.72 Å². The number of carbonyl (C=O) groups excluding carboxylic acids is 2. The van der Waals surface area contributed by atoms with Gasteiger partial charge in [0.05, 0.1) is 12.1 Å². The molecule has 7 nitrogen and oxygen atoms in total. The molecule has 3 rings (SSSR count). The van der Waals surface area contributed by atoms with Crippen molar-refractivity contribution >= 4 is 43.9 Å². The fraction of sp³-hybridized carbons (Fsp3) is 0.476. The maximum atomic E-state index is 12.8. The zero-order valence-electron chi connectivity index (χ0n) is 17.8. The summed E-state index contributed by atoms with van der Waals surface area (Å²) in [4.78, 5) is 31.2. The number of amides is 2. The molecule has 0 bridgehead atoms. The van der Waals surface area contributed by atoms with Gasteiger partial charge in [0.15, 0.2) is 0 Å². The zero-order chi connectivity index (χ0) is 22.3. The Labute approximate surface area is 193 Å². The molecule has 162 valence electrons. The molecule has 1 N–H and O–H groups in total. The molecule has 0 radical (unpaired) electrons. The first-order valence-corrected chi connectivity index (χ1v) is 11.2. The summed E-state index contributed by atoms with van der Waals surface area (Å²) in [6.07, 6.45) is -0.603. The van der Waals surface area contributed by atoms with Crippen LogP contribution in [0.1, 0.15) is 40.4 Å². The van der Waals surface area contributed by atoms with Crippen molar-refractivity contribution < 1.29 is 14.3 Å². The number of nitrogens with one attached hydrogen (secondary N) is 1. The molecule has 1 aromatic heterocycles. The van der Waals surface area contributed by atoms with Crippen LogP contribution in [0.25, 0.3) is 11.3 Å². The smallest absolute Gasteiger partial charge is 0.408 e. The highest BCUT2D eigenvalue weighted by molar-refractivity contribution is 9.10. The van der Waals surface area contributed by atoms with Crippen molar-refractivity contribution in [2.75, 3.05) is 13.1 Å². The number of ether oxygens (including phenoxy) is 1. The van der Waals surface area contributed by atoms with Gasteiger partial charge in [-0.3, -0.25) is 4.79 Å². The summed E-state index contributed by atoms with van der Waals surface area (Å²) in [6, 6.07) is 7.96. The van der Waals surface area contributed by atoms with Gasteiger partial charge >= 0.3 is 6.09 Å². The molecule has 0 spiro atoms. The van der Waals surface area contributed by atoms with Crippen LogP contribution < -0.4 is 5.32 Å². The fourth-order valence-corrected chi connectivity index (χ4v) is 4.74. The number of rotatable bonds is 3. The van der Waals surface area contributed by atoms with Gasteiger partial charge in [0.1, 0.15) is 28.3 Å². The van der Waals surface area contributed by atoms with E-state index < -0.39 is 11.7 Å². The second kappa shape index (κ2) is 8.34. The van der Waals surface area contributed by atoms with E-state index in [1.165, 1.54) is 0 Å². The molecule has 2 heterocycles.